The lowest BCUT2D eigenvalue weighted by Crippen LogP contribution is -2.44. The van der Waals surface area contributed by atoms with Crippen molar-refractivity contribution >= 4 is 15.9 Å². The van der Waals surface area contributed by atoms with Gasteiger partial charge in [-0.1, -0.05) is 6.92 Å². The molecule has 6 nitrogen and oxygen atoms in total. The van der Waals surface area contributed by atoms with Gasteiger partial charge in [0, 0.05) is 39.1 Å². The summed E-state index contributed by atoms with van der Waals surface area (Å²) >= 11 is 0. The second-order valence-corrected chi connectivity index (χ2v) is 9.11. The molecule has 1 fully saturated rings. The van der Waals surface area contributed by atoms with Gasteiger partial charge in [0.05, 0.1) is 4.90 Å². The molecule has 1 aliphatic heterocycles. The summed E-state index contributed by atoms with van der Waals surface area (Å²) < 4.78 is 39.0. The van der Waals surface area contributed by atoms with Gasteiger partial charge in [-0.2, -0.15) is 0 Å². The number of nitrogens with one attached hydrogen (secondary N) is 1. The van der Waals surface area contributed by atoms with Gasteiger partial charge in [0.2, 0.25) is 15.9 Å². The van der Waals surface area contributed by atoms with E-state index in [4.69, 9.17) is 0 Å². The lowest BCUT2D eigenvalue weighted by atomic mass is 10.0. The summed E-state index contributed by atoms with van der Waals surface area (Å²) in [6.45, 7) is 5.54. The third kappa shape index (κ3) is 6.55. The average Bonchev–Trinajstić information content (AvgIpc) is 2.64. The van der Waals surface area contributed by atoms with Crippen LogP contribution < -0.4 is 5.32 Å². The zero-order valence-electron chi connectivity index (χ0n) is 16.2. The van der Waals surface area contributed by atoms with E-state index >= 15 is 0 Å². The van der Waals surface area contributed by atoms with Crippen molar-refractivity contribution in [2.45, 2.75) is 50.0 Å². The topological polar surface area (TPSA) is 69.7 Å². The maximum Gasteiger partial charge on any atom is 0.242 e. The molecule has 0 saturated carbocycles. The number of hydrogen-bond donors (Lipinski definition) is 1. The Kier molecular flexibility index (Phi) is 8.19. The number of carbonyl (C=O) groups is 1. The van der Waals surface area contributed by atoms with E-state index in [1.165, 1.54) is 23.5 Å². The fraction of sp³-hybridized carbons (Fsp3) is 0.632. The largest absolute Gasteiger partial charge is 0.353 e. The van der Waals surface area contributed by atoms with Gasteiger partial charge >= 0.3 is 0 Å². The molecule has 0 spiro atoms. The van der Waals surface area contributed by atoms with Crippen LogP contribution in [-0.2, 0) is 14.8 Å². The van der Waals surface area contributed by atoms with E-state index in [0.717, 1.165) is 51.0 Å². The zero-order valence-corrected chi connectivity index (χ0v) is 17.0. The normalized spacial score (nSPS) is 16.6. The molecule has 2 rings (SSSR count). The van der Waals surface area contributed by atoms with Crippen LogP contribution in [0, 0.1) is 5.82 Å². The molecule has 1 amide bonds. The molecule has 1 aromatic carbocycles. The van der Waals surface area contributed by atoms with Gasteiger partial charge in [0.15, 0.2) is 0 Å². The standard InChI is InChI=1S/C19H30FN3O3S/c1-3-12-23-14-10-17(11-15-23)21-19(24)5-4-13-22(2)27(25,26)18-8-6-16(20)7-9-18/h6-9,17H,3-5,10-15H2,1-2H3,(H,21,24). The molecule has 0 atom stereocenters. The van der Waals surface area contributed by atoms with Gasteiger partial charge < -0.3 is 10.2 Å². The molecule has 0 aliphatic carbocycles. The Morgan fingerprint density at radius 2 is 1.89 bits per heavy atom. The van der Waals surface area contributed by atoms with E-state index in [9.17, 15) is 17.6 Å². The fourth-order valence-corrected chi connectivity index (χ4v) is 4.50. The predicted molar refractivity (Wildman–Crippen MR) is 103 cm³/mol. The van der Waals surface area contributed by atoms with Crippen LogP contribution >= 0.6 is 0 Å². The number of likely N-dealkylation sites (tertiary alicyclic amines) is 1. The lowest BCUT2D eigenvalue weighted by Gasteiger charge is -2.32. The summed E-state index contributed by atoms with van der Waals surface area (Å²) in [4.78, 5) is 14.6. The minimum Gasteiger partial charge on any atom is -0.353 e. The first-order chi connectivity index (χ1) is 12.8. The molecule has 0 unspecified atom stereocenters. The maximum absolute atomic E-state index is 13.0. The molecular formula is C19H30FN3O3S. The number of hydrogen-bond acceptors (Lipinski definition) is 4. The number of benzene rings is 1. The van der Waals surface area contributed by atoms with Gasteiger partial charge in [-0.15, -0.1) is 0 Å². The Labute approximate surface area is 161 Å². The van der Waals surface area contributed by atoms with E-state index in [1.54, 1.807) is 0 Å². The van der Waals surface area contributed by atoms with Crippen molar-refractivity contribution in [2.24, 2.45) is 0 Å². The van der Waals surface area contributed by atoms with Crippen LogP contribution in [0.25, 0.3) is 0 Å². The highest BCUT2D eigenvalue weighted by molar-refractivity contribution is 7.89. The number of carbonyl (C=O) groups excluding carboxylic acids is 1. The van der Waals surface area contributed by atoms with Crippen molar-refractivity contribution in [3.8, 4) is 0 Å². The zero-order chi connectivity index (χ0) is 19.9. The Morgan fingerprint density at radius 3 is 2.48 bits per heavy atom. The highest BCUT2D eigenvalue weighted by atomic mass is 32.2. The van der Waals surface area contributed by atoms with Gasteiger partial charge in [0.1, 0.15) is 5.82 Å². The van der Waals surface area contributed by atoms with Crippen molar-refractivity contribution in [1.82, 2.24) is 14.5 Å². The first-order valence-corrected chi connectivity index (χ1v) is 11.0. The molecule has 0 bridgehead atoms. The molecule has 152 valence electrons. The second kappa shape index (κ2) is 10.1. The van der Waals surface area contributed by atoms with Gasteiger partial charge in [-0.05, 0) is 56.5 Å². The lowest BCUT2D eigenvalue weighted by molar-refractivity contribution is -0.122. The monoisotopic (exact) mass is 399 g/mol. The van der Waals surface area contributed by atoms with Crippen LogP contribution in [-0.4, -0.2) is 62.8 Å². The summed E-state index contributed by atoms with van der Waals surface area (Å²) in [5.74, 6) is -0.509. The van der Waals surface area contributed by atoms with Gasteiger partial charge in [-0.3, -0.25) is 4.79 Å². The Bertz CT molecular complexity index is 701. The smallest absolute Gasteiger partial charge is 0.242 e. The van der Waals surface area contributed by atoms with Crippen molar-refractivity contribution in [3.05, 3.63) is 30.1 Å². The van der Waals surface area contributed by atoms with Crippen molar-refractivity contribution < 1.29 is 17.6 Å². The molecule has 1 saturated heterocycles. The Balaban J connectivity index is 1.72. The average molecular weight is 400 g/mol. The molecule has 0 aromatic heterocycles. The van der Waals surface area contributed by atoms with Gasteiger partial charge in [0.25, 0.3) is 0 Å². The van der Waals surface area contributed by atoms with E-state index in [1.807, 2.05) is 0 Å². The maximum atomic E-state index is 13.0. The van der Waals surface area contributed by atoms with Crippen LogP contribution in [0.4, 0.5) is 4.39 Å². The van der Waals surface area contributed by atoms with E-state index in [2.05, 4.69) is 17.1 Å². The Hall–Kier alpha value is -1.51. The van der Waals surface area contributed by atoms with Crippen molar-refractivity contribution in [3.63, 3.8) is 0 Å². The molecule has 1 aromatic rings. The van der Waals surface area contributed by atoms with E-state index in [-0.39, 0.29) is 23.4 Å². The van der Waals surface area contributed by atoms with Crippen molar-refractivity contribution in [2.75, 3.05) is 33.2 Å². The first kappa shape index (κ1) is 21.8. The van der Waals surface area contributed by atoms with Gasteiger partial charge in [-0.25, -0.2) is 17.1 Å². The summed E-state index contributed by atoms with van der Waals surface area (Å²) in [6, 6.07) is 4.96. The number of halogens is 1. The number of piperidine rings is 1. The summed E-state index contributed by atoms with van der Waals surface area (Å²) in [5, 5.41) is 3.06. The van der Waals surface area contributed by atoms with Crippen LogP contribution in [0.3, 0.4) is 0 Å². The third-order valence-electron chi connectivity index (χ3n) is 4.89. The Morgan fingerprint density at radius 1 is 1.26 bits per heavy atom. The number of sulfonamides is 1. The molecule has 27 heavy (non-hydrogen) atoms. The summed E-state index contributed by atoms with van der Waals surface area (Å²) in [5.41, 5.74) is 0. The molecule has 1 N–H and O–H groups in total. The number of amides is 1. The second-order valence-electron chi connectivity index (χ2n) is 7.07. The van der Waals surface area contributed by atoms with E-state index < -0.39 is 15.8 Å². The third-order valence-corrected chi connectivity index (χ3v) is 6.76. The molecule has 8 heteroatoms. The SMILES string of the molecule is CCCN1CCC(NC(=O)CCCN(C)S(=O)(=O)c2ccc(F)cc2)CC1. The van der Waals surface area contributed by atoms with Crippen LogP contribution in [0.15, 0.2) is 29.2 Å². The molecular weight excluding hydrogens is 369 g/mol. The molecule has 1 heterocycles. The van der Waals surface area contributed by atoms with Crippen LogP contribution in [0.2, 0.25) is 0 Å². The highest BCUT2D eigenvalue weighted by Crippen LogP contribution is 2.15. The van der Waals surface area contributed by atoms with Crippen molar-refractivity contribution in [1.29, 1.82) is 0 Å². The predicted octanol–water partition coefficient (Wildman–Crippen LogP) is 2.22. The fourth-order valence-electron chi connectivity index (χ4n) is 3.29. The minimum atomic E-state index is -3.66. The van der Waals surface area contributed by atoms with Crippen LogP contribution in [0.1, 0.15) is 39.0 Å². The quantitative estimate of drug-likeness (QED) is 0.691. The summed E-state index contributed by atoms with van der Waals surface area (Å²) in [7, 11) is -2.19. The summed E-state index contributed by atoms with van der Waals surface area (Å²) in [6.07, 6.45) is 3.80. The molecule has 0 radical (unpaired) electrons. The number of rotatable bonds is 9. The van der Waals surface area contributed by atoms with Crippen LogP contribution in [0.5, 0.6) is 0 Å². The van der Waals surface area contributed by atoms with E-state index in [0.29, 0.717) is 12.8 Å². The first-order valence-electron chi connectivity index (χ1n) is 9.56. The molecule has 1 aliphatic rings. The minimum absolute atomic E-state index is 0.0310. The number of nitrogens with zero attached hydrogens (tertiary/aromatic N) is 2. The highest BCUT2D eigenvalue weighted by Gasteiger charge is 2.22.